The molecular formula is C24H18F4O4. The van der Waals surface area contributed by atoms with Crippen LogP contribution in [0.2, 0.25) is 0 Å². The number of alkyl halides is 3. The Morgan fingerprint density at radius 3 is 2.38 bits per heavy atom. The van der Waals surface area contributed by atoms with Crippen molar-refractivity contribution in [1.82, 2.24) is 0 Å². The van der Waals surface area contributed by atoms with Gasteiger partial charge in [0.05, 0.1) is 12.0 Å². The predicted octanol–water partition coefficient (Wildman–Crippen LogP) is 6.36. The molecule has 3 aromatic carbocycles. The van der Waals surface area contributed by atoms with Gasteiger partial charge in [0.15, 0.2) is 11.6 Å². The van der Waals surface area contributed by atoms with E-state index in [-0.39, 0.29) is 18.8 Å². The van der Waals surface area contributed by atoms with Crippen molar-refractivity contribution in [3.05, 3.63) is 95.3 Å². The first-order chi connectivity index (χ1) is 15.2. The van der Waals surface area contributed by atoms with Crippen molar-refractivity contribution in [1.29, 1.82) is 0 Å². The van der Waals surface area contributed by atoms with Crippen LogP contribution in [0.25, 0.3) is 6.08 Å². The number of rotatable bonds is 8. The van der Waals surface area contributed by atoms with Gasteiger partial charge < -0.3 is 14.6 Å². The van der Waals surface area contributed by atoms with Crippen LogP contribution in [0.4, 0.5) is 17.6 Å². The monoisotopic (exact) mass is 446 g/mol. The van der Waals surface area contributed by atoms with Gasteiger partial charge >= 0.3 is 12.1 Å². The Bertz CT molecular complexity index is 1110. The first kappa shape index (κ1) is 22.9. The van der Waals surface area contributed by atoms with E-state index >= 15 is 0 Å². The fraction of sp³-hybridized carbons (Fsp3) is 0.125. The van der Waals surface area contributed by atoms with Gasteiger partial charge in [-0.25, -0.2) is 4.39 Å². The van der Waals surface area contributed by atoms with Gasteiger partial charge in [-0.15, -0.1) is 0 Å². The number of aliphatic carboxylic acids is 1. The molecule has 0 atom stereocenters. The first-order valence-corrected chi connectivity index (χ1v) is 9.45. The van der Waals surface area contributed by atoms with E-state index in [0.717, 1.165) is 18.2 Å². The van der Waals surface area contributed by atoms with Gasteiger partial charge in [-0.3, -0.25) is 4.79 Å². The Balaban J connectivity index is 1.60. The SMILES string of the molecule is O=C(O)Cc1ccc(F)c(Oc2cccc(OC/C=C/c3ccc(C(F)(F)F)cc3)c2)c1. The maximum absolute atomic E-state index is 14.0. The lowest BCUT2D eigenvalue weighted by atomic mass is 10.1. The maximum Gasteiger partial charge on any atom is 0.416 e. The zero-order valence-electron chi connectivity index (χ0n) is 16.6. The van der Waals surface area contributed by atoms with Gasteiger partial charge in [-0.1, -0.05) is 30.3 Å². The predicted molar refractivity (Wildman–Crippen MR) is 110 cm³/mol. The molecule has 166 valence electrons. The molecule has 8 heteroatoms. The van der Waals surface area contributed by atoms with Crippen molar-refractivity contribution in [2.45, 2.75) is 12.6 Å². The van der Waals surface area contributed by atoms with E-state index in [4.69, 9.17) is 14.6 Å². The number of hydrogen-bond donors (Lipinski definition) is 1. The van der Waals surface area contributed by atoms with E-state index in [1.807, 2.05) is 0 Å². The molecule has 0 aromatic heterocycles. The minimum atomic E-state index is -4.38. The molecule has 0 saturated heterocycles. The summed E-state index contributed by atoms with van der Waals surface area (Å²) in [5.41, 5.74) is 0.276. The number of carbonyl (C=O) groups is 1. The van der Waals surface area contributed by atoms with Crippen molar-refractivity contribution in [3.63, 3.8) is 0 Å². The maximum atomic E-state index is 14.0. The van der Waals surface area contributed by atoms with E-state index in [0.29, 0.717) is 22.6 Å². The Morgan fingerprint density at radius 2 is 1.69 bits per heavy atom. The zero-order valence-corrected chi connectivity index (χ0v) is 16.6. The molecule has 0 spiro atoms. The number of carboxylic acid groups (broad SMARTS) is 1. The van der Waals surface area contributed by atoms with E-state index in [1.54, 1.807) is 30.4 Å². The molecule has 1 N–H and O–H groups in total. The van der Waals surface area contributed by atoms with Gasteiger partial charge in [0.1, 0.15) is 18.1 Å². The minimum absolute atomic E-state index is 0.108. The zero-order chi connectivity index (χ0) is 23.1. The van der Waals surface area contributed by atoms with Crippen LogP contribution in [-0.4, -0.2) is 17.7 Å². The summed E-state index contributed by atoms with van der Waals surface area (Å²) in [6.45, 7) is 0.146. The normalized spacial score (nSPS) is 11.5. The quantitative estimate of drug-likeness (QED) is 0.410. The van der Waals surface area contributed by atoms with Crippen molar-refractivity contribution in [2.24, 2.45) is 0 Å². The van der Waals surface area contributed by atoms with Crippen LogP contribution in [0.5, 0.6) is 17.2 Å². The van der Waals surface area contributed by atoms with Crippen LogP contribution in [0, 0.1) is 5.82 Å². The number of carboxylic acids is 1. The summed E-state index contributed by atoms with van der Waals surface area (Å²) in [7, 11) is 0. The molecule has 0 heterocycles. The van der Waals surface area contributed by atoms with E-state index < -0.39 is 23.5 Å². The Labute approximate surface area is 181 Å². The summed E-state index contributed by atoms with van der Waals surface area (Å²) in [5.74, 6) is -1.06. The average Bonchev–Trinajstić information content (AvgIpc) is 2.73. The molecule has 0 radical (unpaired) electrons. The molecule has 32 heavy (non-hydrogen) atoms. The standard InChI is InChI=1S/C24H18F4O4/c25-21-11-8-17(14-23(29)30)13-22(21)32-20-5-1-4-19(15-20)31-12-2-3-16-6-9-18(10-7-16)24(26,27)28/h1-11,13,15H,12,14H2,(H,29,30)/b3-2+. The van der Waals surface area contributed by atoms with Crippen LogP contribution in [-0.2, 0) is 17.4 Å². The summed E-state index contributed by atoms with van der Waals surface area (Å²) in [6, 6.07) is 15.0. The smallest absolute Gasteiger partial charge is 0.416 e. The minimum Gasteiger partial charge on any atom is -0.489 e. The largest absolute Gasteiger partial charge is 0.489 e. The lowest BCUT2D eigenvalue weighted by Crippen LogP contribution is -2.03. The van der Waals surface area contributed by atoms with Crippen molar-refractivity contribution in [2.75, 3.05) is 6.61 Å². The van der Waals surface area contributed by atoms with Crippen molar-refractivity contribution >= 4 is 12.0 Å². The highest BCUT2D eigenvalue weighted by atomic mass is 19.4. The molecule has 0 aliphatic carbocycles. The third-order valence-corrected chi connectivity index (χ3v) is 4.28. The molecule has 0 unspecified atom stereocenters. The topological polar surface area (TPSA) is 55.8 Å². The molecule has 4 nitrogen and oxygen atoms in total. The first-order valence-electron chi connectivity index (χ1n) is 9.45. The lowest BCUT2D eigenvalue weighted by molar-refractivity contribution is -0.138. The number of halogens is 4. The molecule has 0 fully saturated rings. The van der Waals surface area contributed by atoms with E-state index in [1.165, 1.54) is 30.3 Å². The molecule has 0 amide bonds. The summed E-state index contributed by atoms with van der Waals surface area (Å²) in [4.78, 5) is 10.8. The second-order valence-corrected chi connectivity index (χ2v) is 6.75. The highest BCUT2D eigenvalue weighted by Crippen LogP contribution is 2.30. The van der Waals surface area contributed by atoms with Crippen LogP contribution < -0.4 is 9.47 Å². The molecule has 3 rings (SSSR count). The summed E-state index contributed by atoms with van der Waals surface area (Å²) in [5, 5.41) is 8.87. The van der Waals surface area contributed by atoms with Crippen molar-refractivity contribution < 1.29 is 36.9 Å². The Hall–Kier alpha value is -3.81. The van der Waals surface area contributed by atoms with Crippen molar-refractivity contribution in [3.8, 4) is 17.2 Å². The van der Waals surface area contributed by atoms with Gasteiger partial charge in [0.25, 0.3) is 0 Å². The molecular weight excluding hydrogens is 428 g/mol. The number of benzene rings is 3. The molecule has 3 aromatic rings. The highest BCUT2D eigenvalue weighted by Gasteiger charge is 2.29. The van der Waals surface area contributed by atoms with Gasteiger partial charge in [-0.2, -0.15) is 13.2 Å². The van der Waals surface area contributed by atoms with Crippen LogP contribution in [0.15, 0.2) is 72.8 Å². The second-order valence-electron chi connectivity index (χ2n) is 6.75. The third-order valence-electron chi connectivity index (χ3n) is 4.28. The summed E-state index contributed by atoms with van der Waals surface area (Å²) >= 11 is 0. The molecule has 0 saturated carbocycles. The number of hydrogen-bond acceptors (Lipinski definition) is 3. The molecule has 0 bridgehead atoms. The highest BCUT2D eigenvalue weighted by molar-refractivity contribution is 5.70. The Kier molecular flexibility index (Phi) is 7.14. The lowest BCUT2D eigenvalue weighted by Gasteiger charge is -2.10. The number of ether oxygens (including phenoxy) is 2. The van der Waals surface area contributed by atoms with Crippen LogP contribution in [0.3, 0.4) is 0 Å². The fourth-order valence-corrected chi connectivity index (χ4v) is 2.78. The molecule has 0 aliphatic heterocycles. The van der Waals surface area contributed by atoms with Gasteiger partial charge in [0, 0.05) is 6.07 Å². The van der Waals surface area contributed by atoms with Gasteiger partial charge in [0.2, 0.25) is 0 Å². The van der Waals surface area contributed by atoms with Gasteiger partial charge in [-0.05, 0) is 53.6 Å². The van der Waals surface area contributed by atoms with E-state index in [9.17, 15) is 22.4 Å². The van der Waals surface area contributed by atoms with Crippen LogP contribution >= 0.6 is 0 Å². The Morgan fingerprint density at radius 1 is 0.969 bits per heavy atom. The average molecular weight is 446 g/mol. The summed E-state index contributed by atoms with van der Waals surface area (Å²) < 4.78 is 62.9. The molecule has 0 aliphatic rings. The fourth-order valence-electron chi connectivity index (χ4n) is 2.78. The van der Waals surface area contributed by atoms with E-state index in [2.05, 4.69) is 0 Å². The third kappa shape index (κ3) is 6.60. The van der Waals surface area contributed by atoms with Crippen LogP contribution in [0.1, 0.15) is 16.7 Å². The summed E-state index contributed by atoms with van der Waals surface area (Å²) in [6.07, 6.45) is -1.36. The second kappa shape index (κ2) is 10.00.